The van der Waals surface area contributed by atoms with E-state index in [2.05, 4.69) is 19.2 Å². The van der Waals surface area contributed by atoms with Gasteiger partial charge in [-0.1, -0.05) is 30.3 Å². The summed E-state index contributed by atoms with van der Waals surface area (Å²) < 4.78 is 5.17. The lowest BCUT2D eigenvalue weighted by Crippen LogP contribution is -3.11. The van der Waals surface area contributed by atoms with E-state index in [-0.39, 0.29) is 11.8 Å². The van der Waals surface area contributed by atoms with Crippen LogP contribution < -0.4 is 9.64 Å². The molecule has 0 saturated heterocycles. The number of aliphatic hydroxyl groups excluding tert-OH is 1. The summed E-state index contributed by atoms with van der Waals surface area (Å²) in [6.07, 6.45) is 0.342. The number of nitrogens with one attached hydrogen (secondary N) is 1. The predicted molar refractivity (Wildman–Crippen MR) is 84.3 cm³/mol. The second-order valence-electron chi connectivity index (χ2n) is 5.96. The largest absolute Gasteiger partial charge is 0.504 e. The van der Waals surface area contributed by atoms with Gasteiger partial charge in [0.15, 0.2) is 11.5 Å². The molecule has 0 amide bonds. The number of benzene rings is 2. The summed E-state index contributed by atoms with van der Waals surface area (Å²) in [5.74, 6) is 0.539. The van der Waals surface area contributed by atoms with Gasteiger partial charge in [-0.2, -0.15) is 0 Å². The Bertz CT molecular complexity index is 657. The second kappa shape index (κ2) is 5.99. The van der Waals surface area contributed by atoms with Gasteiger partial charge in [0, 0.05) is 12.0 Å². The van der Waals surface area contributed by atoms with Crippen LogP contribution in [0.15, 0.2) is 42.5 Å². The zero-order valence-electron chi connectivity index (χ0n) is 12.9. The molecule has 2 aromatic carbocycles. The number of fused-ring (bicyclic) bond motifs is 1. The summed E-state index contributed by atoms with van der Waals surface area (Å²) in [6.45, 7) is 0.651. The van der Waals surface area contributed by atoms with Crippen LogP contribution in [-0.2, 0) is 6.42 Å². The van der Waals surface area contributed by atoms with Crippen LogP contribution in [0.1, 0.15) is 28.8 Å². The molecule has 4 heteroatoms. The van der Waals surface area contributed by atoms with Gasteiger partial charge in [-0.05, 0) is 23.3 Å². The Balaban J connectivity index is 2.01. The van der Waals surface area contributed by atoms with Gasteiger partial charge in [-0.15, -0.1) is 0 Å². The lowest BCUT2D eigenvalue weighted by atomic mass is 9.87. The number of phenols is 1. The highest BCUT2D eigenvalue weighted by Gasteiger charge is 2.34. The minimum atomic E-state index is -0.531. The summed E-state index contributed by atoms with van der Waals surface area (Å²) in [6, 6.07) is 14.0. The van der Waals surface area contributed by atoms with Crippen LogP contribution in [0.4, 0.5) is 0 Å². The smallest absolute Gasteiger partial charge is 0.160 e. The van der Waals surface area contributed by atoms with Crippen LogP contribution in [0.2, 0.25) is 0 Å². The van der Waals surface area contributed by atoms with Crippen LogP contribution in [0, 0.1) is 0 Å². The Hall–Kier alpha value is -2.04. The van der Waals surface area contributed by atoms with Crippen LogP contribution in [-0.4, -0.2) is 30.9 Å². The Morgan fingerprint density at radius 2 is 1.91 bits per heavy atom. The van der Waals surface area contributed by atoms with Crippen molar-refractivity contribution in [3.05, 3.63) is 59.2 Å². The third-order valence-electron chi connectivity index (χ3n) is 4.51. The van der Waals surface area contributed by atoms with Gasteiger partial charge in [0.05, 0.1) is 14.2 Å². The van der Waals surface area contributed by atoms with E-state index in [0.29, 0.717) is 12.3 Å². The van der Waals surface area contributed by atoms with E-state index in [1.165, 1.54) is 17.6 Å². The Morgan fingerprint density at radius 3 is 2.59 bits per heavy atom. The van der Waals surface area contributed by atoms with Gasteiger partial charge in [0.2, 0.25) is 0 Å². The quantitative estimate of drug-likeness (QED) is 0.799. The van der Waals surface area contributed by atoms with Gasteiger partial charge >= 0.3 is 0 Å². The monoisotopic (exact) mass is 300 g/mol. The minimum absolute atomic E-state index is 0.126. The first-order valence-electron chi connectivity index (χ1n) is 7.55. The molecule has 3 atom stereocenters. The fourth-order valence-electron chi connectivity index (χ4n) is 3.31. The SMILES string of the molecule is COc1cc2c(cc1O)[C@H](Cc1ccccc1)[NH+](C)C[C@@H]2O. The fourth-order valence-corrected chi connectivity index (χ4v) is 3.31. The van der Waals surface area contributed by atoms with Crippen molar-refractivity contribution in [2.75, 3.05) is 20.7 Å². The van der Waals surface area contributed by atoms with E-state index < -0.39 is 6.10 Å². The molecule has 1 unspecified atom stereocenters. The molecule has 4 nitrogen and oxygen atoms in total. The highest BCUT2D eigenvalue weighted by atomic mass is 16.5. The lowest BCUT2D eigenvalue weighted by molar-refractivity contribution is -0.918. The molecule has 22 heavy (non-hydrogen) atoms. The van der Waals surface area contributed by atoms with Crippen LogP contribution in [0.3, 0.4) is 0 Å². The molecule has 0 aromatic heterocycles. The third-order valence-corrected chi connectivity index (χ3v) is 4.51. The average molecular weight is 300 g/mol. The van der Waals surface area contributed by atoms with E-state index in [1.54, 1.807) is 12.1 Å². The summed E-state index contributed by atoms with van der Waals surface area (Å²) in [5, 5.41) is 20.5. The standard InChI is InChI=1S/C18H21NO3/c1-19-11-17(21)14-10-18(22-2)16(20)9-13(14)15(19)8-12-6-4-3-5-7-12/h3-7,9-10,15,17,20-21H,8,11H2,1-2H3/p+1/t15-,17-/m0/s1. The molecule has 3 rings (SSSR count). The highest BCUT2D eigenvalue weighted by molar-refractivity contribution is 5.49. The lowest BCUT2D eigenvalue weighted by Gasteiger charge is -2.34. The second-order valence-corrected chi connectivity index (χ2v) is 5.96. The first-order valence-corrected chi connectivity index (χ1v) is 7.55. The molecule has 0 spiro atoms. The number of methoxy groups -OCH3 is 1. The summed E-state index contributed by atoms with van der Waals surface area (Å²) in [7, 11) is 3.61. The maximum absolute atomic E-state index is 10.4. The van der Waals surface area contributed by atoms with Gasteiger partial charge in [0.25, 0.3) is 0 Å². The maximum Gasteiger partial charge on any atom is 0.160 e. The molecule has 2 aromatic rings. The third kappa shape index (κ3) is 2.67. The molecular weight excluding hydrogens is 278 g/mol. The molecule has 0 radical (unpaired) electrons. The topological polar surface area (TPSA) is 54.1 Å². The molecule has 0 fully saturated rings. The molecule has 0 bridgehead atoms. The van der Waals surface area contributed by atoms with Crippen LogP contribution in [0.25, 0.3) is 0 Å². The maximum atomic E-state index is 10.4. The highest BCUT2D eigenvalue weighted by Crippen LogP contribution is 2.36. The summed E-state index contributed by atoms with van der Waals surface area (Å²) in [5.41, 5.74) is 3.11. The first-order chi connectivity index (χ1) is 10.6. The van der Waals surface area contributed by atoms with Gasteiger partial charge in [-0.25, -0.2) is 0 Å². The number of hydrogen-bond acceptors (Lipinski definition) is 3. The van der Waals surface area contributed by atoms with E-state index in [1.807, 2.05) is 18.2 Å². The fraction of sp³-hybridized carbons (Fsp3) is 0.333. The summed E-state index contributed by atoms with van der Waals surface area (Å²) >= 11 is 0. The number of ether oxygens (including phenoxy) is 1. The zero-order valence-corrected chi connectivity index (χ0v) is 12.9. The average Bonchev–Trinajstić information content (AvgIpc) is 2.52. The first kappa shape index (κ1) is 14.9. The Kier molecular flexibility index (Phi) is 4.05. The molecule has 0 aliphatic carbocycles. The molecule has 116 valence electrons. The van der Waals surface area contributed by atoms with Crippen molar-refractivity contribution in [2.45, 2.75) is 18.6 Å². The number of rotatable bonds is 3. The number of quaternary nitrogens is 1. The van der Waals surface area contributed by atoms with Crippen molar-refractivity contribution in [1.82, 2.24) is 0 Å². The molecule has 1 aliphatic heterocycles. The van der Waals surface area contributed by atoms with E-state index in [9.17, 15) is 10.2 Å². The zero-order chi connectivity index (χ0) is 15.7. The van der Waals surface area contributed by atoms with E-state index in [4.69, 9.17) is 4.74 Å². The number of hydrogen-bond donors (Lipinski definition) is 3. The van der Waals surface area contributed by atoms with Crippen molar-refractivity contribution < 1.29 is 19.8 Å². The van der Waals surface area contributed by atoms with Crippen molar-refractivity contribution in [1.29, 1.82) is 0 Å². The number of phenolic OH excluding ortho intramolecular Hbond substituents is 1. The van der Waals surface area contributed by atoms with Crippen LogP contribution in [0.5, 0.6) is 11.5 Å². The van der Waals surface area contributed by atoms with Crippen LogP contribution >= 0.6 is 0 Å². The van der Waals surface area contributed by atoms with E-state index in [0.717, 1.165) is 17.5 Å². The summed E-state index contributed by atoms with van der Waals surface area (Å²) in [4.78, 5) is 1.24. The van der Waals surface area contributed by atoms with Crippen molar-refractivity contribution in [3.8, 4) is 11.5 Å². The van der Waals surface area contributed by atoms with E-state index >= 15 is 0 Å². The van der Waals surface area contributed by atoms with Gasteiger partial charge < -0.3 is 19.8 Å². The normalized spacial score (nSPS) is 23.9. The van der Waals surface area contributed by atoms with Crippen molar-refractivity contribution >= 4 is 0 Å². The molecule has 3 N–H and O–H groups in total. The number of aromatic hydroxyl groups is 1. The minimum Gasteiger partial charge on any atom is -0.504 e. The van der Waals surface area contributed by atoms with Gasteiger partial charge in [0.1, 0.15) is 18.7 Å². The van der Waals surface area contributed by atoms with Gasteiger partial charge in [-0.3, -0.25) is 0 Å². The Morgan fingerprint density at radius 1 is 1.18 bits per heavy atom. The molecule has 1 aliphatic rings. The molecular formula is C18H22NO3+. The van der Waals surface area contributed by atoms with Crippen molar-refractivity contribution in [2.24, 2.45) is 0 Å². The predicted octanol–water partition coefficient (Wildman–Crippen LogP) is 1.25. The van der Waals surface area contributed by atoms with Crippen molar-refractivity contribution in [3.63, 3.8) is 0 Å². The number of likely N-dealkylation sites (N-methyl/N-ethyl adjacent to an activating group) is 1. The molecule has 0 saturated carbocycles. The number of aliphatic hydroxyl groups is 1. The Labute approximate surface area is 130 Å². The molecule has 1 heterocycles.